The van der Waals surface area contributed by atoms with Crippen LogP contribution in [0.3, 0.4) is 0 Å². The second-order valence-corrected chi connectivity index (χ2v) is 8.06. The van der Waals surface area contributed by atoms with Gasteiger partial charge in [0.05, 0.1) is 25.3 Å². The minimum Gasteiger partial charge on any atom is -0.495 e. The largest absolute Gasteiger partial charge is 0.495 e. The smallest absolute Gasteiger partial charge is 0.319 e. The highest BCUT2D eigenvalue weighted by Crippen LogP contribution is 2.39. The Morgan fingerprint density at radius 1 is 1.06 bits per heavy atom. The third-order valence-corrected chi connectivity index (χ3v) is 6.41. The summed E-state index contributed by atoms with van der Waals surface area (Å²) >= 11 is 1.41. The monoisotopic (exact) mass is 433 g/mol. The molecule has 1 atom stereocenters. The van der Waals surface area contributed by atoms with E-state index < -0.39 is 0 Å². The number of ether oxygens (including phenoxy) is 2. The predicted molar refractivity (Wildman–Crippen MR) is 123 cm³/mol. The lowest BCUT2D eigenvalue weighted by atomic mass is 10.1. The van der Waals surface area contributed by atoms with Crippen LogP contribution in [0.25, 0.3) is 27.8 Å². The molecular formula is C24H23N3O3S. The van der Waals surface area contributed by atoms with Gasteiger partial charge in [-0.05, 0) is 24.1 Å². The molecule has 0 unspecified atom stereocenters. The Morgan fingerprint density at radius 2 is 1.81 bits per heavy atom. The first kappa shape index (κ1) is 20.9. The number of nitrogens with zero attached hydrogens (tertiary/aromatic N) is 3. The van der Waals surface area contributed by atoms with E-state index in [9.17, 15) is 4.79 Å². The van der Waals surface area contributed by atoms with Gasteiger partial charge in [0.15, 0.2) is 0 Å². The Bertz CT molecular complexity index is 1210. The summed E-state index contributed by atoms with van der Waals surface area (Å²) in [5.74, 6) is 0.484. The molecule has 4 rings (SSSR count). The number of fused-ring (bicyclic) bond motifs is 1. The summed E-state index contributed by atoms with van der Waals surface area (Å²) in [5.41, 5.74) is 3.67. The molecular weight excluding hydrogens is 410 g/mol. The molecule has 0 aliphatic carbocycles. The quantitative estimate of drug-likeness (QED) is 0.228. The molecule has 0 amide bonds. The summed E-state index contributed by atoms with van der Waals surface area (Å²) in [5, 5.41) is 1.29. The van der Waals surface area contributed by atoms with Crippen molar-refractivity contribution in [2.24, 2.45) is 0 Å². The third kappa shape index (κ3) is 4.01. The first-order valence-corrected chi connectivity index (χ1v) is 10.8. The van der Waals surface area contributed by atoms with E-state index in [2.05, 4.69) is 28.3 Å². The normalized spacial score (nSPS) is 12.0. The first-order chi connectivity index (χ1) is 15.2. The van der Waals surface area contributed by atoms with Gasteiger partial charge in [-0.25, -0.2) is 9.97 Å². The van der Waals surface area contributed by atoms with Crippen LogP contribution in [-0.4, -0.2) is 40.0 Å². The van der Waals surface area contributed by atoms with Crippen LogP contribution in [0.4, 0.5) is 0 Å². The first-order valence-electron chi connectivity index (χ1n) is 9.97. The van der Waals surface area contributed by atoms with Gasteiger partial charge in [-0.2, -0.15) is 0 Å². The Kier molecular flexibility index (Phi) is 6.23. The lowest BCUT2D eigenvalue weighted by molar-refractivity contribution is -0.140. The van der Waals surface area contributed by atoms with Crippen molar-refractivity contribution in [2.45, 2.75) is 23.6 Å². The van der Waals surface area contributed by atoms with Gasteiger partial charge in [-0.15, -0.1) is 0 Å². The number of thioether (sulfide) groups is 1. The molecule has 0 aliphatic rings. The van der Waals surface area contributed by atoms with Gasteiger partial charge < -0.3 is 9.47 Å². The van der Waals surface area contributed by atoms with E-state index in [1.54, 1.807) is 7.11 Å². The molecule has 0 saturated heterocycles. The molecule has 2 heterocycles. The zero-order chi connectivity index (χ0) is 21.8. The number of aromatic nitrogens is 3. The van der Waals surface area contributed by atoms with E-state index in [1.165, 1.54) is 25.2 Å². The van der Waals surface area contributed by atoms with Crippen LogP contribution in [0, 0.1) is 0 Å². The minimum atomic E-state index is -0.346. The number of esters is 1. The number of hydrogen-bond donors (Lipinski definition) is 0. The number of methoxy groups -OCH3 is 2. The lowest BCUT2D eigenvalue weighted by Crippen LogP contribution is -2.17. The summed E-state index contributed by atoms with van der Waals surface area (Å²) in [6.07, 6.45) is 4.22. The van der Waals surface area contributed by atoms with Crippen molar-refractivity contribution in [1.82, 2.24) is 14.5 Å². The molecule has 158 valence electrons. The Hall–Kier alpha value is -3.32. The highest BCUT2D eigenvalue weighted by molar-refractivity contribution is 8.00. The van der Waals surface area contributed by atoms with Gasteiger partial charge >= 0.3 is 5.97 Å². The Labute approximate surface area is 185 Å². The number of rotatable bonds is 7. The van der Waals surface area contributed by atoms with E-state index in [1.807, 2.05) is 54.0 Å². The van der Waals surface area contributed by atoms with Crippen LogP contribution < -0.4 is 4.74 Å². The highest BCUT2D eigenvalue weighted by atomic mass is 32.2. The molecule has 0 spiro atoms. The van der Waals surface area contributed by atoms with Crippen molar-refractivity contribution in [3.05, 3.63) is 67.1 Å². The van der Waals surface area contributed by atoms with Crippen molar-refractivity contribution in [2.75, 3.05) is 14.2 Å². The van der Waals surface area contributed by atoms with Crippen LogP contribution in [0.1, 0.15) is 13.3 Å². The third-order valence-electron chi connectivity index (χ3n) is 5.07. The van der Waals surface area contributed by atoms with E-state index in [0.717, 1.165) is 38.6 Å². The van der Waals surface area contributed by atoms with Gasteiger partial charge in [0.25, 0.3) is 0 Å². The molecule has 2 aromatic heterocycles. The van der Waals surface area contributed by atoms with Gasteiger partial charge in [0.1, 0.15) is 28.0 Å². The number of hydrogen-bond acceptors (Lipinski definition) is 6. The molecule has 2 aromatic carbocycles. The zero-order valence-corrected chi connectivity index (χ0v) is 18.4. The molecule has 4 aromatic rings. The molecule has 0 fully saturated rings. The molecule has 0 aliphatic heterocycles. The summed E-state index contributed by atoms with van der Waals surface area (Å²) in [4.78, 5) is 21.4. The van der Waals surface area contributed by atoms with Crippen LogP contribution in [0.15, 0.2) is 72.1 Å². The molecule has 0 saturated carbocycles. The fourth-order valence-electron chi connectivity index (χ4n) is 3.54. The predicted octanol–water partition coefficient (Wildman–Crippen LogP) is 5.14. The van der Waals surface area contributed by atoms with Crippen molar-refractivity contribution in [3.8, 4) is 22.6 Å². The second kappa shape index (κ2) is 9.22. The van der Waals surface area contributed by atoms with Crippen molar-refractivity contribution in [3.63, 3.8) is 0 Å². The van der Waals surface area contributed by atoms with E-state index in [0.29, 0.717) is 6.42 Å². The fraction of sp³-hybridized carbons (Fsp3) is 0.208. The molecule has 7 heteroatoms. The van der Waals surface area contributed by atoms with Gasteiger partial charge in [-0.1, -0.05) is 61.2 Å². The maximum atomic E-state index is 12.2. The number of carbonyl (C=O) groups excluding carboxylic acids is 1. The topological polar surface area (TPSA) is 66.2 Å². The minimum absolute atomic E-state index is 0.260. The van der Waals surface area contributed by atoms with Crippen LogP contribution in [0.5, 0.6) is 5.75 Å². The maximum Gasteiger partial charge on any atom is 0.319 e. The number of benzene rings is 2. The Balaban J connectivity index is 1.97. The highest BCUT2D eigenvalue weighted by Gasteiger charge is 2.24. The van der Waals surface area contributed by atoms with E-state index >= 15 is 0 Å². The number of carbonyl (C=O) groups is 1. The Morgan fingerprint density at radius 3 is 2.52 bits per heavy atom. The summed E-state index contributed by atoms with van der Waals surface area (Å²) in [6, 6.07) is 17.9. The second-order valence-electron chi connectivity index (χ2n) is 6.87. The van der Waals surface area contributed by atoms with Gasteiger partial charge in [0, 0.05) is 11.8 Å². The molecule has 0 radical (unpaired) electrons. The zero-order valence-electron chi connectivity index (χ0n) is 17.6. The average molecular weight is 434 g/mol. The van der Waals surface area contributed by atoms with Gasteiger partial charge in [-0.3, -0.25) is 9.36 Å². The molecule has 0 N–H and O–H groups in total. The van der Waals surface area contributed by atoms with Crippen LogP contribution >= 0.6 is 11.8 Å². The number of para-hydroxylation sites is 2. The van der Waals surface area contributed by atoms with Crippen molar-refractivity contribution >= 4 is 28.8 Å². The van der Waals surface area contributed by atoms with Crippen molar-refractivity contribution < 1.29 is 14.3 Å². The maximum absolute atomic E-state index is 12.2. The van der Waals surface area contributed by atoms with Gasteiger partial charge in [0.2, 0.25) is 0 Å². The van der Waals surface area contributed by atoms with Crippen LogP contribution in [0.2, 0.25) is 0 Å². The van der Waals surface area contributed by atoms with E-state index in [4.69, 9.17) is 9.47 Å². The molecule has 31 heavy (non-hydrogen) atoms. The molecule has 0 bridgehead atoms. The summed E-state index contributed by atoms with van der Waals surface area (Å²) < 4.78 is 12.6. The lowest BCUT2D eigenvalue weighted by Gasteiger charge is -2.13. The average Bonchev–Trinajstić information content (AvgIpc) is 3.23. The van der Waals surface area contributed by atoms with E-state index in [-0.39, 0.29) is 11.2 Å². The standard InChI is InChI=1S/C24H23N3O3S/c1-4-20(24(28)30-3)31-23-21-17(16-10-6-5-7-11-16)14-27(22(21)25-15-26-23)18-12-8-9-13-19(18)29-2/h5-15,20H,4H2,1-3H3/t20-/m0/s1. The fourth-order valence-corrected chi connectivity index (χ4v) is 4.59. The summed E-state index contributed by atoms with van der Waals surface area (Å²) in [6.45, 7) is 1.96. The SMILES string of the molecule is CC[C@H](Sc1ncnc2c1c(-c1ccccc1)cn2-c1ccccc1OC)C(=O)OC. The van der Waals surface area contributed by atoms with Crippen molar-refractivity contribution in [1.29, 1.82) is 0 Å². The van der Waals surface area contributed by atoms with Crippen LogP contribution in [-0.2, 0) is 9.53 Å². The summed E-state index contributed by atoms with van der Waals surface area (Å²) in [7, 11) is 3.07. The molecule has 6 nitrogen and oxygen atoms in total.